The summed E-state index contributed by atoms with van der Waals surface area (Å²) >= 11 is 0. The topological polar surface area (TPSA) is 0 Å². The molecule has 0 fully saturated rings. The third-order valence-electron chi connectivity index (χ3n) is 2.41. The maximum Gasteiger partial charge on any atom is 0.332 e. The summed E-state index contributed by atoms with van der Waals surface area (Å²) in [4.78, 5) is 0. The summed E-state index contributed by atoms with van der Waals surface area (Å²) < 4.78 is 50.4. The third kappa shape index (κ3) is 1.75. The minimum absolute atomic E-state index is 0.528. The Morgan fingerprint density at radius 2 is 1.50 bits per heavy atom. The van der Waals surface area contributed by atoms with Crippen LogP contribution in [0.5, 0.6) is 0 Å². The van der Waals surface area contributed by atoms with E-state index in [1.807, 2.05) is 0 Å². The lowest BCUT2D eigenvalue weighted by Crippen LogP contribution is -2.23. The van der Waals surface area contributed by atoms with E-state index in [0.717, 1.165) is 17.5 Å². The summed E-state index contributed by atoms with van der Waals surface area (Å²) in [6.45, 7) is 0. The fourth-order valence-corrected chi connectivity index (χ4v) is 1.52. The number of hydrogen-bond donors (Lipinski definition) is 0. The molecule has 0 aliphatic rings. The van der Waals surface area contributed by atoms with E-state index >= 15 is 0 Å². The second-order valence-corrected chi connectivity index (χ2v) is 3.49. The summed E-state index contributed by atoms with van der Waals surface area (Å²) in [6.07, 6.45) is -3.69. The van der Waals surface area contributed by atoms with Gasteiger partial charge in [-0.05, 0) is 16.8 Å². The monoisotopic (exact) mass is 228 g/mol. The van der Waals surface area contributed by atoms with Crippen LogP contribution in [-0.4, -0.2) is 6.43 Å². The number of fused-ring (bicyclic) bond motifs is 1. The minimum Gasteiger partial charge on any atom is -0.203 e. The van der Waals surface area contributed by atoms with Crippen molar-refractivity contribution in [2.24, 2.45) is 0 Å². The summed E-state index contributed by atoms with van der Waals surface area (Å²) in [7, 11) is 0. The van der Waals surface area contributed by atoms with Crippen molar-refractivity contribution in [2.45, 2.75) is 12.3 Å². The van der Waals surface area contributed by atoms with Crippen LogP contribution in [0.15, 0.2) is 42.5 Å². The summed E-state index contributed by atoms with van der Waals surface area (Å²) in [5, 5.41) is 1.27. The van der Waals surface area contributed by atoms with Crippen molar-refractivity contribution >= 4 is 10.8 Å². The van der Waals surface area contributed by atoms with Crippen molar-refractivity contribution in [1.29, 1.82) is 0 Å². The highest BCUT2D eigenvalue weighted by atomic mass is 19.3. The van der Waals surface area contributed by atoms with E-state index < -0.39 is 17.9 Å². The van der Waals surface area contributed by atoms with E-state index in [9.17, 15) is 17.6 Å². The molecule has 0 bridgehead atoms. The second-order valence-electron chi connectivity index (χ2n) is 3.49. The molecular weight excluding hydrogens is 220 g/mol. The first kappa shape index (κ1) is 10.9. The molecule has 0 aliphatic carbocycles. The van der Waals surface area contributed by atoms with Gasteiger partial charge >= 0.3 is 12.3 Å². The zero-order valence-corrected chi connectivity index (χ0v) is 8.13. The normalized spacial score (nSPS) is 12.3. The summed E-state index contributed by atoms with van der Waals surface area (Å²) in [6, 6.07) is 10.3. The van der Waals surface area contributed by atoms with Gasteiger partial charge in [0.2, 0.25) is 0 Å². The Morgan fingerprint density at radius 1 is 0.875 bits per heavy atom. The maximum absolute atomic E-state index is 13.1. The van der Waals surface area contributed by atoms with Gasteiger partial charge in [0.25, 0.3) is 0 Å². The zero-order valence-electron chi connectivity index (χ0n) is 8.13. The molecule has 0 nitrogen and oxygen atoms in total. The molecule has 16 heavy (non-hydrogen) atoms. The van der Waals surface area contributed by atoms with Crippen molar-refractivity contribution in [3.8, 4) is 0 Å². The van der Waals surface area contributed by atoms with E-state index in [2.05, 4.69) is 0 Å². The third-order valence-corrected chi connectivity index (χ3v) is 2.41. The van der Waals surface area contributed by atoms with Crippen LogP contribution in [0.3, 0.4) is 0 Å². The van der Waals surface area contributed by atoms with Gasteiger partial charge in [-0.3, -0.25) is 0 Å². The van der Waals surface area contributed by atoms with Gasteiger partial charge in [0.05, 0.1) is 0 Å². The standard InChI is InChI=1S/C12H8F4/c13-11(14)12(15,16)10-6-5-8-3-1-2-4-9(8)7-10/h1-7,11H. The Labute approximate surface area is 89.5 Å². The van der Waals surface area contributed by atoms with Crippen molar-refractivity contribution in [2.75, 3.05) is 0 Å². The molecule has 2 rings (SSSR count). The quantitative estimate of drug-likeness (QED) is 0.676. The van der Waals surface area contributed by atoms with E-state index in [1.165, 1.54) is 6.07 Å². The van der Waals surface area contributed by atoms with Crippen LogP contribution in [0.1, 0.15) is 5.56 Å². The summed E-state index contributed by atoms with van der Waals surface area (Å²) in [5.41, 5.74) is -0.652. The zero-order chi connectivity index (χ0) is 11.8. The predicted octanol–water partition coefficient (Wildman–Crippen LogP) is 4.20. The largest absolute Gasteiger partial charge is 0.332 e. The molecule has 0 saturated heterocycles. The van der Waals surface area contributed by atoms with E-state index in [-0.39, 0.29) is 0 Å². The molecule has 2 aromatic rings. The SMILES string of the molecule is FC(F)C(F)(F)c1ccc2ccccc2c1. The van der Waals surface area contributed by atoms with Gasteiger partial charge in [-0.1, -0.05) is 36.4 Å². The molecule has 0 heterocycles. The number of hydrogen-bond acceptors (Lipinski definition) is 0. The average Bonchev–Trinajstić information content (AvgIpc) is 2.28. The Kier molecular flexibility index (Phi) is 2.58. The number of benzene rings is 2. The molecule has 2 aromatic carbocycles. The molecule has 84 valence electrons. The molecule has 0 aromatic heterocycles. The molecular formula is C12H8F4. The summed E-state index contributed by atoms with van der Waals surface area (Å²) in [5.74, 6) is -4.09. The van der Waals surface area contributed by atoms with Crippen LogP contribution >= 0.6 is 0 Å². The smallest absolute Gasteiger partial charge is 0.203 e. The molecule has 0 aliphatic heterocycles. The van der Waals surface area contributed by atoms with Gasteiger partial charge in [-0.25, -0.2) is 8.78 Å². The molecule has 0 saturated carbocycles. The van der Waals surface area contributed by atoms with Crippen molar-refractivity contribution in [3.63, 3.8) is 0 Å². The Balaban J connectivity index is 2.55. The Bertz CT molecular complexity index is 505. The molecule has 0 unspecified atom stereocenters. The highest BCUT2D eigenvalue weighted by Gasteiger charge is 2.42. The van der Waals surface area contributed by atoms with Gasteiger partial charge in [0.15, 0.2) is 0 Å². The molecule has 0 N–H and O–H groups in total. The van der Waals surface area contributed by atoms with Gasteiger partial charge in [0, 0.05) is 5.56 Å². The minimum atomic E-state index is -4.09. The van der Waals surface area contributed by atoms with Gasteiger partial charge in [-0.2, -0.15) is 8.78 Å². The molecule has 0 spiro atoms. The lowest BCUT2D eigenvalue weighted by molar-refractivity contribution is -0.135. The van der Waals surface area contributed by atoms with Crippen molar-refractivity contribution in [3.05, 3.63) is 48.0 Å². The fraction of sp³-hybridized carbons (Fsp3) is 0.167. The Morgan fingerprint density at radius 3 is 2.12 bits per heavy atom. The van der Waals surface area contributed by atoms with E-state index in [1.54, 1.807) is 24.3 Å². The van der Waals surface area contributed by atoms with Crippen LogP contribution in [-0.2, 0) is 5.92 Å². The van der Waals surface area contributed by atoms with Crippen LogP contribution < -0.4 is 0 Å². The van der Waals surface area contributed by atoms with Crippen molar-refractivity contribution in [1.82, 2.24) is 0 Å². The first-order valence-electron chi connectivity index (χ1n) is 4.67. The number of halogens is 4. The highest BCUT2D eigenvalue weighted by Crippen LogP contribution is 2.35. The number of alkyl halides is 4. The Hall–Kier alpha value is -1.58. The molecule has 0 atom stereocenters. The van der Waals surface area contributed by atoms with E-state index in [4.69, 9.17) is 0 Å². The lowest BCUT2D eigenvalue weighted by atomic mass is 10.0. The average molecular weight is 228 g/mol. The fourth-order valence-electron chi connectivity index (χ4n) is 1.52. The van der Waals surface area contributed by atoms with E-state index in [0.29, 0.717) is 5.39 Å². The van der Waals surface area contributed by atoms with Crippen LogP contribution in [0.2, 0.25) is 0 Å². The van der Waals surface area contributed by atoms with Crippen LogP contribution in [0, 0.1) is 0 Å². The van der Waals surface area contributed by atoms with Gasteiger partial charge < -0.3 is 0 Å². The molecule has 0 radical (unpaired) electrons. The predicted molar refractivity (Wildman–Crippen MR) is 53.8 cm³/mol. The molecule has 4 heteroatoms. The highest BCUT2D eigenvalue weighted by molar-refractivity contribution is 5.83. The first-order valence-corrected chi connectivity index (χ1v) is 4.67. The second kappa shape index (κ2) is 3.77. The van der Waals surface area contributed by atoms with Crippen molar-refractivity contribution < 1.29 is 17.6 Å². The first-order chi connectivity index (χ1) is 7.51. The lowest BCUT2D eigenvalue weighted by Gasteiger charge is -2.15. The van der Waals surface area contributed by atoms with Crippen LogP contribution in [0.25, 0.3) is 10.8 Å². The van der Waals surface area contributed by atoms with Crippen LogP contribution in [0.4, 0.5) is 17.6 Å². The molecule has 0 amide bonds. The van der Waals surface area contributed by atoms with Gasteiger partial charge in [0.1, 0.15) is 0 Å². The number of rotatable bonds is 2. The van der Waals surface area contributed by atoms with Gasteiger partial charge in [-0.15, -0.1) is 0 Å². The maximum atomic E-state index is 13.1.